The molecule has 4 nitrogen and oxygen atoms in total. The Hall–Kier alpha value is -2.23. The van der Waals surface area contributed by atoms with Gasteiger partial charge in [-0.3, -0.25) is 0 Å². The van der Waals surface area contributed by atoms with Gasteiger partial charge in [0.1, 0.15) is 5.82 Å². The van der Waals surface area contributed by atoms with Gasteiger partial charge in [0.25, 0.3) is 0 Å². The standard InChI is InChI=1S/C14H17N3O/c1-17(10-11-5-3-6-12(15)9-11)13-7-4-8-14(16-13)18-2/h3-9H,10,15H2,1-2H3. The zero-order chi connectivity index (χ0) is 13.0. The van der Waals surface area contributed by atoms with Crippen LogP contribution in [0.1, 0.15) is 5.56 Å². The lowest BCUT2D eigenvalue weighted by Gasteiger charge is -2.18. The number of nitrogens with zero attached hydrogens (tertiary/aromatic N) is 2. The molecule has 4 heteroatoms. The zero-order valence-electron chi connectivity index (χ0n) is 10.6. The van der Waals surface area contributed by atoms with E-state index in [1.54, 1.807) is 7.11 Å². The number of ether oxygens (including phenoxy) is 1. The molecule has 0 bridgehead atoms. The van der Waals surface area contributed by atoms with Gasteiger partial charge in [-0.1, -0.05) is 18.2 Å². The molecule has 0 amide bonds. The number of methoxy groups -OCH3 is 1. The molecule has 0 spiro atoms. The molecule has 0 unspecified atom stereocenters. The van der Waals surface area contributed by atoms with Gasteiger partial charge in [-0.15, -0.1) is 0 Å². The van der Waals surface area contributed by atoms with E-state index in [1.165, 1.54) is 0 Å². The van der Waals surface area contributed by atoms with Gasteiger partial charge in [0.2, 0.25) is 5.88 Å². The number of hydrogen-bond acceptors (Lipinski definition) is 4. The van der Waals surface area contributed by atoms with Gasteiger partial charge in [-0.2, -0.15) is 4.98 Å². The highest BCUT2D eigenvalue weighted by atomic mass is 16.5. The monoisotopic (exact) mass is 243 g/mol. The number of aromatic nitrogens is 1. The highest BCUT2D eigenvalue weighted by molar-refractivity contribution is 5.44. The van der Waals surface area contributed by atoms with E-state index in [1.807, 2.05) is 49.5 Å². The van der Waals surface area contributed by atoms with Gasteiger partial charge >= 0.3 is 0 Å². The number of benzene rings is 1. The Bertz CT molecular complexity index is 528. The van der Waals surface area contributed by atoms with Gasteiger partial charge in [0.05, 0.1) is 7.11 Å². The van der Waals surface area contributed by atoms with Crippen LogP contribution in [-0.2, 0) is 6.54 Å². The normalized spacial score (nSPS) is 10.1. The van der Waals surface area contributed by atoms with Gasteiger partial charge in [-0.05, 0) is 23.8 Å². The van der Waals surface area contributed by atoms with Crippen molar-refractivity contribution < 1.29 is 4.74 Å². The van der Waals surface area contributed by atoms with Gasteiger partial charge in [0, 0.05) is 25.3 Å². The lowest BCUT2D eigenvalue weighted by molar-refractivity contribution is 0.398. The quantitative estimate of drug-likeness (QED) is 0.837. The third-order valence-corrected chi connectivity index (χ3v) is 2.68. The first kappa shape index (κ1) is 12.2. The third-order valence-electron chi connectivity index (χ3n) is 2.68. The Morgan fingerprint density at radius 2 is 2.00 bits per heavy atom. The van der Waals surface area contributed by atoms with E-state index in [9.17, 15) is 0 Å². The summed E-state index contributed by atoms with van der Waals surface area (Å²) in [6.07, 6.45) is 0. The maximum absolute atomic E-state index is 5.76. The largest absolute Gasteiger partial charge is 0.481 e. The first-order valence-electron chi connectivity index (χ1n) is 5.75. The molecule has 0 atom stereocenters. The van der Waals surface area contributed by atoms with E-state index in [-0.39, 0.29) is 0 Å². The summed E-state index contributed by atoms with van der Waals surface area (Å²) in [6.45, 7) is 0.755. The van der Waals surface area contributed by atoms with Crippen molar-refractivity contribution in [2.45, 2.75) is 6.54 Å². The van der Waals surface area contributed by atoms with Crippen LogP contribution in [-0.4, -0.2) is 19.1 Å². The Morgan fingerprint density at radius 3 is 2.72 bits per heavy atom. The molecule has 2 rings (SSSR count). The van der Waals surface area contributed by atoms with E-state index < -0.39 is 0 Å². The molecule has 1 aromatic heterocycles. The van der Waals surface area contributed by atoms with E-state index in [0.29, 0.717) is 5.88 Å². The Morgan fingerprint density at radius 1 is 1.22 bits per heavy atom. The van der Waals surface area contributed by atoms with Crippen molar-refractivity contribution in [3.63, 3.8) is 0 Å². The average Bonchev–Trinajstić information content (AvgIpc) is 2.39. The molecule has 1 aromatic carbocycles. The summed E-state index contributed by atoms with van der Waals surface area (Å²) in [4.78, 5) is 6.44. The molecule has 0 fully saturated rings. The van der Waals surface area contributed by atoms with Gasteiger partial charge < -0.3 is 15.4 Å². The van der Waals surface area contributed by atoms with Gasteiger partial charge in [0.15, 0.2) is 0 Å². The SMILES string of the molecule is COc1cccc(N(C)Cc2cccc(N)c2)n1. The van der Waals surface area contributed by atoms with E-state index in [4.69, 9.17) is 10.5 Å². The van der Waals surface area contributed by atoms with Crippen molar-refractivity contribution in [3.8, 4) is 5.88 Å². The second-order valence-corrected chi connectivity index (χ2v) is 4.14. The molecular formula is C14H17N3O. The predicted molar refractivity (Wildman–Crippen MR) is 73.8 cm³/mol. The first-order chi connectivity index (χ1) is 8.69. The highest BCUT2D eigenvalue weighted by Gasteiger charge is 2.05. The maximum atomic E-state index is 5.76. The minimum Gasteiger partial charge on any atom is -0.481 e. The first-order valence-corrected chi connectivity index (χ1v) is 5.75. The van der Waals surface area contributed by atoms with Crippen LogP contribution in [0, 0.1) is 0 Å². The Balaban J connectivity index is 2.13. The van der Waals surface area contributed by atoms with Crippen molar-refractivity contribution in [2.75, 3.05) is 24.8 Å². The molecule has 94 valence electrons. The fourth-order valence-electron chi connectivity index (χ4n) is 1.78. The predicted octanol–water partition coefficient (Wildman–Crippen LogP) is 2.31. The minimum atomic E-state index is 0.618. The smallest absolute Gasteiger partial charge is 0.214 e. The number of pyridine rings is 1. The highest BCUT2D eigenvalue weighted by Crippen LogP contribution is 2.17. The van der Waals surface area contributed by atoms with E-state index in [2.05, 4.69) is 9.88 Å². The summed E-state index contributed by atoms with van der Waals surface area (Å²) >= 11 is 0. The van der Waals surface area contributed by atoms with Crippen LogP contribution in [0.25, 0.3) is 0 Å². The van der Waals surface area contributed by atoms with Crippen molar-refractivity contribution in [3.05, 3.63) is 48.0 Å². The summed E-state index contributed by atoms with van der Waals surface area (Å²) in [5, 5.41) is 0. The molecule has 0 saturated carbocycles. The van der Waals surface area contributed by atoms with Crippen LogP contribution in [0.5, 0.6) is 5.88 Å². The zero-order valence-corrected chi connectivity index (χ0v) is 10.6. The fraction of sp³-hybridized carbons (Fsp3) is 0.214. The summed E-state index contributed by atoms with van der Waals surface area (Å²) in [6, 6.07) is 13.6. The molecule has 2 N–H and O–H groups in total. The fourth-order valence-corrected chi connectivity index (χ4v) is 1.78. The number of nitrogens with two attached hydrogens (primary N) is 1. The van der Waals surface area contributed by atoms with Crippen LogP contribution in [0.2, 0.25) is 0 Å². The maximum Gasteiger partial charge on any atom is 0.214 e. The second-order valence-electron chi connectivity index (χ2n) is 4.14. The average molecular weight is 243 g/mol. The lowest BCUT2D eigenvalue weighted by Crippen LogP contribution is -2.17. The number of rotatable bonds is 4. The molecule has 0 aliphatic carbocycles. The summed E-state index contributed by atoms with van der Waals surface area (Å²) < 4.78 is 5.12. The lowest BCUT2D eigenvalue weighted by atomic mass is 10.2. The van der Waals surface area contributed by atoms with Crippen LogP contribution in [0.15, 0.2) is 42.5 Å². The van der Waals surface area contributed by atoms with Crippen molar-refractivity contribution in [1.82, 2.24) is 4.98 Å². The number of anilines is 2. The molecule has 18 heavy (non-hydrogen) atoms. The Kier molecular flexibility index (Phi) is 3.67. The van der Waals surface area contributed by atoms with Crippen LogP contribution in [0.4, 0.5) is 11.5 Å². The van der Waals surface area contributed by atoms with E-state index in [0.717, 1.165) is 23.6 Å². The van der Waals surface area contributed by atoms with Crippen LogP contribution < -0.4 is 15.4 Å². The second kappa shape index (κ2) is 5.40. The van der Waals surface area contributed by atoms with Crippen molar-refractivity contribution in [1.29, 1.82) is 0 Å². The summed E-state index contributed by atoms with van der Waals surface area (Å²) in [5.74, 6) is 1.49. The molecular weight excluding hydrogens is 226 g/mol. The molecule has 0 saturated heterocycles. The summed E-state index contributed by atoms with van der Waals surface area (Å²) in [5.41, 5.74) is 7.70. The topological polar surface area (TPSA) is 51.4 Å². The summed E-state index contributed by atoms with van der Waals surface area (Å²) in [7, 11) is 3.61. The molecule has 1 heterocycles. The van der Waals surface area contributed by atoms with Crippen molar-refractivity contribution in [2.24, 2.45) is 0 Å². The molecule has 0 aliphatic rings. The van der Waals surface area contributed by atoms with Gasteiger partial charge in [-0.25, -0.2) is 0 Å². The number of hydrogen-bond donors (Lipinski definition) is 1. The number of nitrogen functional groups attached to an aromatic ring is 1. The molecule has 0 radical (unpaired) electrons. The third kappa shape index (κ3) is 2.91. The van der Waals surface area contributed by atoms with E-state index >= 15 is 0 Å². The van der Waals surface area contributed by atoms with Crippen molar-refractivity contribution >= 4 is 11.5 Å². The van der Waals surface area contributed by atoms with Crippen LogP contribution in [0.3, 0.4) is 0 Å². The Labute approximate surface area is 107 Å². The minimum absolute atomic E-state index is 0.618. The van der Waals surface area contributed by atoms with Crippen LogP contribution >= 0.6 is 0 Å². The molecule has 2 aromatic rings. The molecule has 0 aliphatic heterocycles.